The molecule has 0 fully saturated rings. The van der Waals surface area contributed by atoms with Crippen LogP contribution < -0.4 is 5.32 Å². The fourth-order valence-corrected chi connectivity index (χ4v) is 1.77. The first-order valence-corrected chi connectivity index (χ1v) is 6.50. The monoisotopic (exact) mass is 239 g/mol. The van der Waals surface area contributed by atoms with Crippen molar-refractivity contribution in [2.24, 2.45) is 0 Å². The van der Waals surface area contributed by atoms with Gasteiger partial charge in [0.25, 0.3) is 0 Å². The van der Waals surface area contributed by atoms with Crippen molar-refractivity contribution in [3.05, 3.63) is 17.5 Å². The Hall–Kier alpha value is -0.870. The maximum absolute atomic E-state index is 5.00. The van der Waals surface area contributed by atoms with Crippen LogP contribution in [0.2, 0.25) is 0 Å². The number of nitrogens with one attached hydrogen (secondary N) is 1. The molecule has 0 aliphatic carbocycles. The number of hydrogen-bond donors (Lipinski definition) is 1. The van der Waals surface area contributed by atoms with Gasteiger partial charge in [0.2, 0.25) is 0 Å². The van der Waals surface area contributed by atoms with E-state index < -0.39 is 0 Å². The van der Waals surface area contributed by atoms with E-state index in [0.29, 0.717) is 0 Å². The highest BCUT2D eigenvalue weighted by molar-refractivity contribution is 5.14. The molecule has 0 amide bonds. The second-order valence-electron chi connectivity index (χ2n) is 4.38. The van der Waals surface area contributed by atoms with Gasteiger partial charge in [0.05, 0.1) is 12.3 Å². The Kier molecular flexibility index (Phi) is 6.89. The molecule has 0 atom stereocenters. The van der Waals surface area contributed by atoms with Gasteiger partial charge in [-0.3, -0.25) is 4.68 Å². The lowest BCUT2D eigenvalue weighted by Gasteiger charge is -2.02. The molecule has 1 heterocycles. The van der Waals surface area contributed by atoms with E-state index in [1.165, 1.54) is 24.8 Å². The summed E-state index contributed by atoms with van der Waals surface area (Å²) in [5.41, 5.74) is 2.42. The maximum atomic E-state index is 5.00. The predicted octanol–water partition coefficient (Wildman–Crippen LogP) is 2.12. The molecule has 17 heavy (non-hydrogen) atoms. The lowest BCUT2D eigenvalue weighted by Crippen LogP contribution is -2.18. The van der Waals surface area contributed by atoms with Crippen LogP contribution in [0.25, 0.3) is 0 Å². The SMILES string of the molecule is CCCCCn1cc(CNCCOC)c(C)n1. The van der Waals surface area contributed by atoms with Crippen LogP contribution in [0.1, 0.15) is 37.4 Å². The van der Waals surface area contributed by atoms with E-state index in [4.69, 9.17) is 4.74 Å². The number of aryl methyl sites for hydroxylation is 2. The second-order valence-corrected chi connectivity index (χ2v) is 4.38. The summed E-state index contributed by atoms with van der Waals surface area (Å²) in [6, 6.07) is 0. The van der Waals surface area contributed by atoms with Gasteiger partial charge in [-0.1, -0.05) is 19.8 Å². The molecule has 0 unspecified atom stereocenters. The Balaban J connectivity index is 2.33. The molecular formula is C13H25N3O. The first-order chi connectivity index (χ1) is 8.27. The highest BCUT2D eigenvalue weighted by atomic mass is 16.5. The molecule has 0 aliphatic heterocycles. The van der Waals surface area contributed by atoms with Gasteiger partial charge in [0.1, 0.15) is 0 Å². The lowest BCUT2D eigenvalue weighted by molar-refractivity contribution is 0.199. The van der Waals surface area contributed by atoms with Crippen molar-refractivity contribution in [1.82, 2.24) is 15.1 Å². The molecule has 0 radical (unpaired) electrons. The van der Waals surface area contributed by atoms with Gasteiger partial charge in [-0.05, 0) is 13.3 Å². The summed E-state index contributed by atoms with van der Waals surface area (Å²) in [6.45, 7) is 7.85. The molecular weight excluding hydrogens is 214 g/mol. The quantitative estimate of drug-likeness (QED) is 0.671. The standard InChI is InChI=1S/C13H25N3O/c1-4-5-6-8-16-11-13(12(2)15-16)10-14-7-9-17-3/h11,14H,4-10H2,1-3H3. The third-order valence-corrected chi connectivity index (χ3v) is 2.84. The van der Waals surface area contributed by atoms with Gasteiger partial charge in [-0.2, -0.15) is 5.10 Å². The topological polar surface area (TPSA) is 39.1 Å². The van der Waals surface area contributed by atoms with Gasteiger partial charge in [-0.25, -0.2) is 0 Å². The number of rotatable bonds is 9. The first-order valence-electron chi connectivity index (χ1n) is 6.50. The number of methoxy groups -OCH3 is 1. The van der Waals surface area contributed by atoms with Crippen LogP contribution in [0.4, 0.5) is 0 Å². The van der Waals surface area contributed by atoms with Gasteiger partial charge < -0.3 is 10.1 Å². The van der Waals surface area contributed by atoms with Crippen molar-refractivity contribution >= 4 is 0 Å². The van der Waals surface area contributed by atoms with Crippen molar-refractivity contribution in [2.45, 2.75) is 46.2 Å². The van der Waals surface area contributed by atoms with Crippen LogP contribution in [0.15, 0.2) is 6.20 Å². The zero-order valence-corrected chi connectivity index (χ0v) is 11.3. The first kappa shape index (κ1) is 14.2. The third kappa shape index (κ3) is 5.33. The highest BCUT2D eigenvalue weighted by Crippen LogP contribution is 2.06. The normalized spacial score (nSPS) is 11.0. The highest BCUT2D eigenvalue weighted by Gasteiger charge is 2.03. The zero-order chi connectivity index (χ0) is 12.5. The minimum Gasteiger partial charge on any atom is -0.383 e. The molecule has 0 bridgehead atoms. The van der Waals surface area contributed by atoms with Gasteiger partial charge in [0, 0.05) is 38.5 Å². The third-order valence-electron chi connectivity index (χ3n) is 2.84. The van der Waals surface area contributed by atoms with Crippen molar-refractivity contribution in [1.29, 1.82) is 0 Å². The Morgan fingerprint density at radius 2 is 2.24 bits per heavy atom. The van der Waals surface area contributed by atoms with Crippen LogP contribution in [0.3, 0.4) is 0 Å². The van der Waals surface area contributed by atoms with Gasteiger partial charge >= 0.3 is 0 Å². The second kappa shape index (κ2) is 8.25. The van der Waals surface area contributed by atoms with Crippen LogP contribution in [0.5, 0.6) is 0 Å². The van der Waals surface area contributed by atoms with E-state index in [1.807, 2.05) is 0 Å². The Morgan fingerprint density at radius 1 is 1.41 bits per heavy atom. The van der Waals surface area contributed by atoms with E-state index in [2.05, 4.69) is 35.1 Å². The summed E-state index contributed by atoms with van der Waals surface area (Å²) < 4.78 is 7.07. The summed E-state index contributed by atoms with van der Waals surface area (Å²) in [4.78, 5) is 0. The van der Waals surface area contributed by atoms with Crippen LogP contribution in [-0.2, 0) is 17.8 Å². The average molecular weight is 239 g/mol. The molecule has 1 rings (SSSR count). The molecule has 0 spiro atoms. The molecule has 98 valence electrons. The number of aromatic nitrogens is 2. The number of ether oxygens (including phenoxy) is 1. The number of hydrogen-bond acceptors (Lipinski definition) is 3. The van der Waals surface area contributed by atoms with E-state index >= 15 is 0 Å². The van der Waals surface area contributed by atoms with Crippen LogP contribution in [-0.4, -0.2) is 30.0 Å². The summed E-state index contributed by atoms with van der Waals surface area (Å²) in [6.07, 6.45) is 5.91. The molecule has 1 aromatic rings. The van der Waals surface area contributed by atoms with Crippen molar-refractivity contribution in [3.63, 3.8) is 0 Å². The summed E-state index contributed by atoms with van der Waals surface area (Å²) >= 11 is 0. The van der Waals surface area contributed by atoms with E-state index in [0.717, 1.165) is 31.9 Å². The molecule has 1 N–H and O–H groups in total. The maximum Gasteiger partial charge on any atom is 0.0638 e. The lowest BCUT2D eigenvalue weighted by atomic mass is 10.2. The molecule has 0 saturated carbocycles. The molecule has 1 aromatic heterocycles. The van der Waals surface area contributed by atoms with E-state index in [-0.39, 0.29) is 0 Å². The predicted molar refractivity (Wildman–Crippen MR) is 70.1 cm³/mol. The van der Waals surface area contributed by atoms with Crippen molar-refractivity contribution in [3.8, 4) is 0 Å². The van der Waals surface area contributed by atoms with Crippen molar-refractivity contribution < 1.29 is 4.74 Å². The van der Waals surface area contributed by atoms with Gasteiger partial charge in [-0.15, -0.1) is 0 Å². The smallest absolute Gasteiger partial charge is 0.0638 e. The fourth-order valence-electron chi connectivity index (χ4n) is 1.77. The van der Waals surface area contributed by atoms with Crippen molar-refractivity contribution in [2.75, 3.05) is 20.3 Å². The van der Waals surface area contributed by atoms with Gasteiger partial charge in [0.15, 0.2) is 0 Å². The fraction of sp³-hybridized carbons (Fsp3) is 0.769. The minimum absolute atomic E-state index is 0.754. The summed E-state index contributed by atoms with van der Waals surface area (Å²) in [7, 11) is 1.72. The number of unbranched alkanes of at least 4 members (excludes halogenated alkanes) is 2. The summed E-state index contributed by atoms with van der Waals surface area (Å²) in [5.74, 6) is 0. The Bertz CT molecular complexity index is 310. The molecule has 0 saturated heterocycles. The zero-order valence-electron chi connectivity index (χ0n) is 11.3. The molecule has 0 aliphatic rings. The molecule has 4 nitrogen and oxygen atoms in total. The summed E-state index contributed by atoms with van der Waals surface area (Å²) in [5, 5.41) is 7.87. The average Bonchev–Trinajstić information content (AvgIpc) is 2.66. The Morgan fingerprint density at radius 3 is 2.94 bits per heavy atom. The number of nitrogens with zero attached hydrogens (tertiary/aromatic N) is 2. The van der Waals surface area contributed by atoms with E-state index in [1.54, 1.807) is 7.11 Å². The molecule has 4 heteroatoms. The minimum atomic E-state index is 0.754. The van der Waals surface area contributed by atoms with Crippen LogP contribution >= 0.6 is 0 Å². The van der Waals surface area contributed by atoms with Crippen LogP contribution in [0, 0.1) is 6.92 Å². The van der Waals surface area contributed by atoms with E-state index in [9.17, 15) is 0 Å². The Labute approximate surface area is 104 Å². The molecule has 0 aromatic carbocycles. The largest absolute Gasteiger partial charge is 0.383 e.